The lowest BCUT2D eigenvalue weighted by Gasteiger charge is -2.52. The molecular formula is C44H59F3N6O6S. The van der Waals surface area contributed by atoms with E-state index >= 15 is 4.39 Å². The number of carbonyl (C=O) groups is 3. The number of anilines is 1. The third-order valence-electron chi connectivity index (χ3n) is 13.8. The molecule has 4 heterocycles. The molecule has 2 aromatic rings. The summed E-state index contributed by atoms with van der Waals surface area (Å²) in [6.07, 6.45) is 4.37. The van der Waals surface area contributed by atoms with Crippen LogP contribution in [0.3, 0.4) is 0 Å². The second-order valence-electron chi connectivity index (χ2n) is 17.7. The number of alkyl carbamates (subject to hydrolysis) is 1. The highest BCUT2D eigenvalue weighted by atomic mass is 32.2. The molecule has 1 unspecified atom stereocenters. The van der Waals surface area contributed by atoms with Crippen molar-refractivity contribution in [3.63, 3.8) is 0 Å². The van der Waals surface area contributed by atoms with Gasteiger partial charge in [0, 0.05) is 69.9 Å². The van der Waals surface area contributed by atoms with Gasteiger partial charge in [-0.25, -0.2) is 26.4 Å². The number of benzene rings is 2. The number of rotatable bonds is 14. The van der Waals surface area contributed by atoms with Crippen LogP contribution in [0.15, 0.2) is 60.0 Å². The van der Waals surface area contributed by atoms with Crippen molar-refractivity contribution in [1.29, 1.82) is 0 Å². The van der Waals surface area contributed by atoms with E-state index < -0.39 is 38.4 Å². The maximum absolute atomic E-state index is 16.6. The standard InChI is InChI=1S/C44H59F3N6O6S/c1-4-41(55)52-17-7-10-37(25-52)60(57,58)40-14-13-36(20-31(40)22-51-23-35(46)24-51)53-28-43(47,29-53)27-50-18-15-32(16-19-50)44(26-48-30(2)54,33-8-5-9-34(45)21-33)38-11-6-12-39(38)49-42(56)59-3/h4-5,8-9,13-14,20-21,32,35,37-39H,1,6-7,10-12,15-19,22-29H2,2-3H3,(H,48,54)(H,49,56)/t37?,38-,39-,44-/m0/s1. The SMILES string of the molecule is C=CC(=O)N1CCCC(S(=O)(=O)c2ccc(N3CC(F)(CN4CCC([C@@](CNC(C)=O)(c5cccc(F)c5)[C@H]5CCC[C@@H]5NC(=O)OC)CC4)C3)cc2CN2CC(F)C2)C1. The van der Waals surface area contributed by atoms with E-state index in [0.717, 1.165) is 24.8 Å². The van der Waals surface area contributed by atoms with E-state index in [2.05, 4.69) is 22.1 Å². The molecule has 0 spiro atoms. The predicted octanol–water partition coefficient (Wildman–Crippen LogP) is 4.77. The molecule has 2 N–H and O–H groups in total. The zero-order valence-electron chi connectivity index (χ0n) is 34.7. The van der Waals surface area contributed by atoms with Gasteiger partial charge in [-0.1, -0.05) is 25.1 Å². The van der Waals surface area contributed by atoms with E-state index in [1.165, 1.54) is 31.1 Å². The Hall–Kier alpha value is -4.15. The van der Waals surface area contributed by atoms with Crippen LogP contribution in [0.1, 0.15) is 63.0 Å². The first-order chi connectivity index (χ1) is 28.6. The van der Waals surface area contributed by atoms with E-state index in [1.54, 1.807) is 30.3 Å². The summed E-state index contributed by atoms with van der Waals surface area (Å²) in [5, 5.41) is 5.30. The smallest absolute Gasteiger partial charge is 0.407 e. The fraction of sp³-hybridized carbons (Fsp3) is 0.614. The Morgan fingerprint density at radius 1 is 0.983 bits per heavy atom. The molecule has 5 fully saturated rings. The van der Waals surface area contributed by atoms with Gasteiger partial charge >= 0.3 is 6.09 Å². The van der Waals surface area contributed by atoms with E-state index in [-0.39, 0.29) is 92.8 Å². The van der Waals surface area contributed by atoms with Gasteiger partial charge < -0.3 is 25.2 Å². The minimum absolute atomic E-state index is 0.00708. The quantitative estimate of drug-likeness (QED) is 0.258. The third kappa shape index (κ3) is 9.20. The summed E-state index contributed by atoms with van der Waals surface area (Å²) in [4.78, 5) is 44.8. The van der Waals surface area contributed by atoms with Crippen LogP contribution in [-0.4, -0.2) is 137 Å². The van der Waals surface area contributed by atoms with Crippen LogP contribution in [0.2, 0.25) is 0 Å². The van der Waals surface area contributed by atoms with Crippen molar-refractivity contribution in [1.82, 2.24) is 25.3 Å². The molecule has 60 heavy (non-hydrogen) atoms. The number of ether oxygens (including phenoxy) is 1. The molecule has 12 nitrogen and oxygen atoms in total. The number of nitrogens with zero attached hydrogens (tertiary/aromatic N) is 4. The van der Waals surface area contributed by atoms with Gasteiger partial charge in [0.05, 0.1) is 30.3 Å². The summed E-state index contributed by atoms with van der Waals surface area (Å²) in [6, 6.07) is 11.4. The topological polar surface area (TPSA) is 132 Å². The van der Waals surface area contributed by atoms with Crippen LogP contribution >= 0.6 is 0 Å². The van der Waals surface area contributed by atoms with E-state index in [0.29, 0.717) is 56.6 Å². The van der Waals surface area contributed by atoms with Gasteiger partial charge in [-0.15, -0.1) is 0 Å². The molecule has 7 rings (SSSR count). The molecule has 3 amide bonds. The highest BCUT2D eigenvalue weighted by molar-refractivity contribution is 7.92. The Bertz CT molecular complexity index is 2020. The minimum Gasteiger partial charge on any atom is -0.453 e. The molecule has 0 aromatic heterocycles. The van der Waals surface area contributed by atoms with Crippen molar-refractivity contribution < 1.29 is 40.7 Å². The first kappa shape index (κ1) is 43.9. The summed E-state index contributed by atoms with van der Waals surface area (Å²) in [7, 11) is -2.53. The van der Waals surface area contributed by atoms with Crippen molar-refractivity contribution in [2.24, 2.45) is 11.8 Å². The summed E-state index contributed by atoms with van der Waals surface area (Å²) >= 11 is 0. The van der Waals surface area contributed by atoms with Gasteiger partial charge in [0.1, 0.15) is 12.0 Å². The van der Waals surface area contributed by atoms with Gasteiger partial charge in [-0.05, 0) is 111 Å². The Labute approximate surface area is 351 Å². The van der Waals surface area contributed by atoms with Gasteiger partial charge in [-0.2, -0.15) is 0 Å². The van der Waals surface area contributed by atoms with Gasteiger partial charge in [-0.3, -0.25) is 19.4 Å². The van der Waals surface area contributed by atoms with Gasteiger partial charge in [0.25, 0.3) is 0 Å². The summed E-state index contributed by atoms with van der Waals surface area (Å²) in [5.74, 6) is -1.00. The van der Waals surface area contributed by atoms with Crippen molar-refractivity contribution in [3.05, 3.63) is 72.1 Å². The summed E-state index contributed by atoms with van der Waals surface area (Å²) in [6.45, 7) is 8.12. The highest BCUT2D eigenvalue weighted by Crippen LogP contribution is 2.51. The number of hydrogen-bond donors (Lipinski definition) is 2. The van der Waals surface area contributed by atoms with Crippen molar-refractivity contribution in [3.8, 4) is 0 Å². The molecule has 1 aliphatic carbocycles. The summed E-state index contributed by atoms with van der Waals surface area (Å²) in [5.41, 5.74) is -0.213. The summed E-state index contributed by atoms with van der Waals surface area (Å²) < 4.78 is 78.6. The second kappa shape index (κ2) is 18.1. The Morgan fingerprint density at radius 3 is 2.40 bits per heavy atom. The van der Waals surface area contributed by atoms with E-state index in [4.69, 9.17) is 4.74 Å². The fourth-order valence-electron chi connectivity index (χ4n) is 10.8. The van der Waals surface area contributed by atoms with Crippen LogP contribution in [0, 0.1) is 17.7 Å². The normalized spacial score (nSPS) is 25.1. The maximum atomic E-state index is 16.6. The number of amides is 3. The first-order valence-corrected chi connectivity index (χ1v) is 22.8. The number of piperidine rings is 2. The second-order valence-corrected chi connectivity index (χ2v) is 19.9. The highest BCUT2D eigenvalue weighted by Gasteiger charge is 2.53. The lowest BCUT2D eigenvalue weighted by molar-refractivity contribution is -0.126. The van der Waals surface area contributed by atoms with E-state index in [9.17, 15) is 31.6 Å². The van der Waals surface area contributed by atoms with E-state index in [1.807, 2.05) is 15.9 Å². The van der Waals surface area contributed by atoms with Crippen molar-refractivity contribution in [2.45, 2.75) is 91.9 Å². The lowest BCUT2D eigenvalue weighted by atomic mass is 9.58. The van der Waals surface area contributed by atoms with Crippen LogP contribution in [0.25, 0.3) is 0 Å². The largest absolute Gasteiger partial charge is 0.453 e. The molecule has 4 atom stereocenters. The number of alkyl halides is 2. The number of carbonyl (C=O) groups excluding carboxylic acids is 3. The predicted molar refractivity (Wildman–Crippen MR) is 222 cm³/mol. The van der Waals surface area contributed by atoms with Crippen LogP contribution < -0.4 is 15.5 Å². The number of nitrogens with one attached hydrogen (secondary N) is 2. The molecule has 1 saturated carbocycles. The average Bonchev–Trinajstić information content (AvgIpc) is 3.67. The molecule has 0 radical (unpaired) electrons. The molecule has 5 aliphatic rings. The molecule has 4 saturated heterocycles. The Kier molecular flexibility index (Phi) is 13.2. The third-order valence-corrected chi connectivity index (χ3v) is 16.0. The Balaban J connectivity index is 1.05. The van der Waals surface area contributed by atoms with Crippen LogP contribution in [0.5, 0.6) is 0 Å². The number of sulfone groups is 1. The Morgan fingerprint density at radius 2 is 1.73 bits per heavy atom. The van der Waals surface area contributed by atoms with Crippen LogP contribution in [0.4, 0.5) is 23.7 Å². The van der Waals surface area contributed by atoms with Gasteiger partial charge in [0.2, 0.25) is 11.8 Å². The zero-order chi connectivity index (χ0) is 42.8. The number of halogens is 3. The zero-order valence-corrected chi connectivity index (χ0v) is 35.5. The molecule has 16 heteroatoms. The average molecular weight is 857 g/mol. The molecule has 4 aliphatic heterocycles. The monoisotopic (exact) mass is 856 g/mol. The number of methoxy groups -OCH3 is 1. The van der Waals surface area contributed by atoms with Gasteiger partial charge in [0.15, 0.2) is 15.5 Å². The first-order valence-electron chi connectivity index (χ1n) is 21.3. The molecule has 328 valence electrons. The maximum Gasteiger partial charge on any atom is 0.407 e. The molecular weight excluding hydrogens is 798 g/mol. The number of hydrogen-bond acceptors (Lipinski definition) is 9. The minimum atomic E-state index is -3.85. The molecule has 0 bridgehead atoms. The van der Waals surface area contributed by atoms with Crippen molar-refractivity contribution >= 4 is 33.4 Å². The van der Waals surface area contributed by atoms with Crippen molar-refractivity contribution in [2.75, 3.05) is 77.5 Å². The molecule has 2 aromatic carbocycles. The van der Waals surface area contributed by atoms with Crippen LogP contribution in [-0.2, 0) is 36.1 Å². The fourth-order valence-corrected chi connectivity index (χ4v) is 12.8. The lowest BCUT2D eigenvalue weighted by Crippen LogP contribution is -2.65. The number of likely N-dealkylation sites (tertiary alicyclic amines) is 3.